The molecule has 1 aliphatic rings. The Hall–Kier alpha value is -2.02. The molecule has 6 heteroatoms. The number of benzene rings is 2. The number of hydrogen-bond acceptors (Lipinski definition) is 5. The van der Waals surface area contributed by atoms with Crippen LogP contribution in [-0.2, 0) is 4.74 Å². The van der Waals surface area contributed by atoms with Crippen molar-refractivity contribution in [2.24, 2.45) is 0 Å². The van der Waals surface area contributed by atoms with Crippen LogP contribution in [0.3, 0.4) is 0 Å². The molecule has 156 valence electrons. The molecule has 3 rings (SSSR count). The number of thioether (sulfide) groups is 1. The van der Waals surface area contributed by atoms with Gasteiger partial charge in [-0.3, -0.25) is 9.69 Å². The van der Waals surface area contributed by atoms with E-state index in [4.69, 9.17) is 9.47 Å². The number of methoxy groups -OCH3 is 1. The first kappa shape index (κ1) is 21.7. The summed E-state index contributed by atoms with van der Waals surface area (Å²) in [5.41, 5.74) is 1.90. The zero-order valence-electron chi connectivity index (χ0n) is 17.4. The van der Waals surface area contributed by atoms with E-state index in [9.17, 15) is 4.79 Å². The Balaban J connectivity index is 1.75. The van der Waals surface area contributed by atoms with Gasteiger partial charge >= 0.3 is 0 Å². The second-order valence-electron chi connectivity index (χ2n) is 7.31. The highest BCUT2D eigenvalue weighted by Crippen LogP contribution is 2.27. The summed E-state index contributed by atoms with van der Waals surface area (Å²) in [5, 5.41) is 3.59. The fraction of sp³-hybridized carbons (Fsp3) is 0.435. The summed E-state index contributed by atoms with van der Waals surface area (Å²) in [6.07, 6.45) is 0. The summed E-state index contributed by atoms with van der Waals surface area (Å²) < 4.78 is 10.8. The molecule has 0 radical (unpaired) electrons. The Morgan fingerprint density at radius 2 is 1.83 bits per heavy atom. The highest BCUT2D eigenvalue weighted by molar-refractivity contribution is 8.00. The second kappa shape index (κ2) is 10.7. The third-order valence-electron chi connectivity index (χ3n) is 4.94. The minimum Gasteiger partial charge on any atom is -0.497 e. The van der Waals surface area contributed by atoms with Crippen LogP contribution < -0.4 is 10.1 Å². The molecular formula is C23H30N2O3S. The Bertz CT molecular complexity index is 789. The fourth-order valence-corrected chi connectivity index (χ4v) is 4.42. The topological polar surface area (TPSA) is 50.8 Å². The van der Waals surface area contributed by atoms with Crippen LogP contribution in [-0.4, -0.2) is 56.0 Å². The monoisotopic (exact) mass is 414 g/mol. The van der Waals surface area contributed by atoms with E-state index >= 15 is 0 Å². The molecule has 1 aliphatic heterocycles. The molecule has 0 spiro atoms. The minimum absolute atomic E-state index is 0.0273. The molecule has 0 bridgehead atoms. The number of ether oxygens (including phenoxy) is 2. The van der Waals surface area contributed by atoms with Gasteiger partial charge in [-0.15, -0.1) is 11.8 Å². The average Bonchev–Trinajstić information content (AvgIpc) is 2.75. The van der Waals surface area contributed by atoms with Crippen molar-refractivity contribution in [3.63, 3.8) is 0 Å². The molecule has 1 N–H and O–H groups in total. The summed E-state index contributed by atoms with van der Waals surface area (Å²) in [5.74, 6) is 0.804. The molecule has 1 heterocycles. The number of rotatable bonds is 8. The summed E-state index contributed by atoms with van der Waals surface area (Å²) in [7, 11) is 1.67. The van der Waals surface area contributed by atoms with Crippen molar-refractivity contribution in [3.8, 4) is 5.75 Å². The fourth-order valence-electron chi connectivity index (χ4n) is 3.47. The lowest BCUT2D eigenvalue weighted by Crippen LogP contribution is -2.43. The van der Waals surface area contributed by atoms with Crippen molar-refractivity contribution < 1.29 is 14.3 Å². The Labute approximate surface area is 177 Å². The van der Waals surface area contributed by atoms with E-state index in [1.165, 1.54) is 0 Å². The van der Waals surface area contributed by atoms with Gasteiger partial charge in [-0.2, -0.15) is 0 Å². The first-order valence-corrected chi connectivity index (χ1v) is 11.0. The van der Waals surface area contributed by atoms with Crippen molar-refractivity contribution >= 4 is 17.7 Å². The van der Waals surface area contributed by atoms with E-state index in [-0.39, 0.29) is 11.9 Å². The minimum atomic E-state index is -0.0273. The predicted molar refractivity (Wildman–Crippen MR) is 118 cm³/mol. The lowest BCUT2D eigenvalue weighted by molar-refractivity contribution is 0.0162. The van der Waals surface area contributed by atoms with Crippen molar-refractivity contribution in [2.45, 2.75) is 30.0 Å². The van der Waals surface area contributed by atoms with Gasteiger partial charge in [-0.05, 0) is 29.8 Å². The molecule has 29 heavy (non-hydrogen) atoms. The number of nitrogens with zero attached hydrogens (tertiary/aromatic N) is 1. The van der Waals surface area contributed by atoms with Crippen LogP contribution in [0.4, 0.5) is 0 Å². The number of hydrogen-bond donors (Lipinski definition) is 1. The number of carbonyl (C=O) groups is 1. The smallest absolute Gasteiger partial charge is 0.252 e. The second-order valence-corrected chi connectivity index (χ2v) is 8.93. The van der Waals surface area contributed by atoms with Gasteiger partial charge in [0.05, 0.1) is 31.9 Å². The molecule has 5 nitrogen and oxygen atoms in total. The van der Waals surface area contributed by atoms with Crippen molar-refractivity contribution in [2.75, 3.05) is 40.0 Å². The highest BCUT2D eigenvalue weighted by Gasteiger charge is 2.24. The number of carbonyl (C=O) groups excluding carboxylic acids is 1. The quantitative estimate of drug-likeness (QED) is 0.662. The summed E-state index contributed by atoms with van der Waals surface area (Å²) >= 11 is 1.71. The Kier molecular flexibility index (Phi) is 7.98. The number of amides is 1. The zero-order chi connectivity index (χ0) is 20.6. The van der Waals surface area contributed by atoms with Crippen molar-refractivity contribution in [1.29, 1.82) is 0 Å². The van der Waals surface area contributed by atoms with Crippen molar-refractivity contribution in [1.82, 2.24) is 10.2 Å². The normalized spacial score (nSPS) is 15.9. The molecule has 0 saturated carbocycles. The lowest BCUT2D eigenvalue weighted by Gasteiger charge is -2.35. The first-order chi connectivity index (χ1) is 14.1. The van der Waals surface area contributed by atoms with Crippen LogP contribution in [0.25, 0.3) is 0 Å². The van der Waals surface area contributed by atoms with Gasteiger partial charge in [0.15, 0.2) is 0 Å². The van der Waals surface area contributed by atoms with E-state index in [0.29, 0.717) is 25.0 Å². The molecule has 0 aromatic heterocycles. The number of morpholine rings is 1. The van der Waals surface area contributed by atoms with Crippen LogP contribution >= 0.6 is 11.8 Å². The van der Waals surface area contributed by atoms with E-state index in [1.807, 2.05) is 36.4 Å². The summed E-state index contributed by atoms with van der Waals surface area (Å²) in [6.45, 7) is 7.96. The van der Waals surface area contributed by atoms with Crippen molar-refractivity contribution in [3.05, 3.63) is 59.7 Å². The largest absolute Gasteiger partial charge is 0.497 e. The summed E-state index contributed by atoms with van der Waals surface area (Å²) in [4.78, 5) is 16.4. The van der Waals surface area contributed by atoms with Crippen LogP contribution in [0, 0.1) is 0 Å². The van der Waals surface area contributed by atoms with Crippen LogP contribution in [0.5, 0.6) is 5.75 Å². The number of nitrogens with one attached hydrogen (secondary N) is 1. The summed E-state index contributed by atoms with van der Waals surface area (Å²) in [6, 6.07) is 16.0. The van der Waals surface area contributed by atoms with Crippen LogP contribution in [0.15, 0.2) is 53.4 Å². The van der Waals surface area contributed by atoms with Crippen LogP contribution in [0.2, 0.25) is 0 Å². The Morgan fingerprint density at radius 1 is 1.14 bits per heavy atom. The maximum absolute atomic E-state index is 13.0. The van der Waals surface area contributed by atoms with E-state index in [2.05, 4.69) is 36.2 Å². The van der Waals surface area contributed by atoms with Gasteiger partial charge in [0, 0.05) is 29.8 Å². The van der Waals surface area contributed by atoms with Gasteiger partial charge < -0.3 is 14.8 Å². The Morgan fingerprint density at radius 3 is 2.48 bits per heavy atom. The van der Waals surface area contributed by atoms with Gasteiger partial charge in [0.2, 0.25) is 0 Å². The lowest BCUT2D eigenvalue weighted by atomic mass is 10.0. The van der Waals surface area contributed by atoms with Gasteiger partial charge in [0.25, 0.3) is 5.91 Å². The SMILES string of the molecule is COc1ccc(C(CNC(=O)c2ccccc2SC(C)C)N2CCOCC2)cc1. The standard InChI is InChI=1S/C23H30N2O3S/c1-17(2)29-22-7-5-4-6-20(22)23(26)24-16-21(25-12-14-28-15-13-25)18-8-10-19(27-3)11-9-18/h4-11,17,21H,12-16H2,1-3H3,(H,24,26). The molecule has 1 atom stereocenters. The molecule has 2 aromatic carbocycles. The molecule has 1 saturated heterocycles. The molecule has 1 unspecified atom stereocenters. The van der Waals surface area contributed by atoms with Gasteiger partial charge in [-0.1, -0.05) is 38.1 Å². The predicted octanol–water partition coefficient (Wildman–Crippen LogP) is 4.00. The maximum atomic E-state index is 13.0. The highest BCUT2D eigenvalue weighted by atomic mass is 32.2. The van der Waals surface area contributed by atoms with Crippen LogP contribution in [0.1, 0.15) is 35.8 Å². The maximum Gasteiger partial charge on any atom is 0.252 e. The van der Waals surface area contributed by atoms with Gasteiger partial charge in [0.1, 0.15) is 5.75 Å². The molecule has 1 fully saturated rings. The average molecular weight is 415 g/mol. The molecule has 0 aliphatic carbocycles. The van der Waals surface area contributed by atoms with E-state index in [0.717, 1.165) is 34.9 Å². The third-order valence-corrected chi connectivity index (χ3v) is 6.02. The first-order valence-electron chi connectivity index (χ1n) is 10.1. The zero-order valence-corrected chi connectivity index (χ0v) is 18.2. The van der Waals surface area contributed by atoms with Gasteiger partial charge in [-0.25, -0.2) is 0 Å². The van der Waals surface area contributed by atoms with E-state index < -0.39 is 0 Å². The molecule has 1 amide bonds. The molecular weight excluding hydrogens is 384 g/mol. The third kappa shape index (κ3) is 5.98. The molecule has 2 aromatic rings. The van der Waals surface area contributed by atoms with E-state index in [1.54, 1.807) is 18.9 Å².